The molecule has 1 aliphatic rings. The standard InChI is InChI=1S/C17H19N5O2/c1-22-10-11(8-19-22)16-15(6-3-7-24-16)20-17(23)12-4-2-5-14-13(12)9-18-21-14/h2,4-5,8-10,15-16H,3,6-7H2,1H3,(H,18,21)(H,20,23)/t15-,16+/m0/s1. The first-order valence-electron chi connectivity index (χ1n) is 8.05. The highest BCUT2D eigenvalue weighted by atomic mass is 16.5. The van der Waals surface area contributed by atoms with Crippen LogP contribution in [0, 0.1) is 0 Å². The second kappa shape index (κ2) is 6.09. The van der Waals surface area contributed by atoms with Gasteiger partial charge in [-0.1, -0.05) is 6.07 Å². The van der Waals surface area contributed by atoms with Crippen LogP contribution in [0.25, 0.3) is 10.9 Å². The maximum atomic E-state index is 12.8. The minimum atomic E-state index is -0.167. The highest BCUT2D eigenvalue weighted by Gasteiger charge is 2.30. The molecule has 2 aromatic heterocycles. The summed E-state index contributed by atoms with van der Waals surface area (Å²) in [7, 11) is 1.87. The minimum absolute atomic E-state index is 0.0717. The topological polar surface area (TPSA) is 84.8 Å². The van der Waals surface area contributed by atoms with Crippen molar-refractivity contribution in [3.8, 4) is 0 Å². The summed E-state index contributed by atoms with van der Waals surface area (Å²) < 4.78 is 7.66. The maximum absolute atomic E-state index is 12.8. The molecule has 2 N–H and O–H groups in total. The van der Waals surface area contributed by atoms with E-state index >= 15 is 0 Å². The Morgan fingerprint density at radius 3 is 3.17 bits per heavy atom. The smallest absolute Gasteiger partial charge is 0.252 e. The van der Waals surface area contributed by atoms with Crippen LogP contribution in [0.15, 0.2) is 36.8 Å². The number of carbonyl (C=O) groups is 1. The number of amides is 1. The summed E-state index contributed by atoms with van der Waals surface area (Å²) in [6.07, 6.45) is 7.06. The van der Waals surface area contributed by atoms with E-state index in [2.05, 4.69) is 20.6 Å². The van der Waals surface area contributed by atoms with Crippen molar-refractivity contribution in [2.75, 3.05) is 6.61 Å². The Hall–Kier alpha value is -2.67. The normalized spacial score (nSPS) is 21.0. The number of hydrogen-bond donors (Lipinski definition) is 2. The van der Waals surface area contributed by atoms with Crippen LogP contribution in [-0.2, 0) is 11.8 Å². The van der Waals surface area contributed by atoms with Crippen molar-refractivity contribution >= 4 is 16.8 Å². The van der Waals surface area contributed by atoms with Gasteiger partial charge in [0.2, 0.25) is 0 Å². The van der Waals surface area contributed by atoms with Crippen molar-refractivity contribution in [2.45, 2.75) is 25.0 Å². The van der Waals surface area contributed by atoms with Crippen molar-refractivity contribution in [1.29, 1.82) is 0 Å². The first-order valence-corrected chi connectivity index (χ1v) is 8.05. The Balaban J connectivity index is 1.58. The summed E-state index contributed by atoms with van der Waals surface area (Å²) in [5.41, 5.74) is 2.46. The molecule has 24 heavy (non-hydrogen) atoms. The first-order chi connectivity index (χ1) is 11.7. The molecule has 0 bridgehead atoms. The fraction of sp³-hybridized carbons (Fsp3) is 0.353. The summed E-state index contributed by atoms with van der Waals surface area (Å²) in [6, 6.07) is 5.50. The molecule has 2 atom stereocenters. The summed E-state index contributed by atoms with van der Waals surface area (Å²) in [5.74, 6) is -0.105. The van der Waals surface area contributed by atoms with E-state index in [1.807, 2.05) is 31.4 Å². The molecular formula is C17H19N5O2. The summed E-state index contributed by atoms with van der Waals surface area (Å²) >= 11 is 0. The lowest BCUT2D eigenvalue weighted by Crippen LogP contribution is -2.42. The van der Waals surface area contributed by atoms with Crippen LogP contribution >= 0.6 is 0 Å². The molecule has 0 aliphatic carbocycles. The average Bonchev–Trinajstić information content (AvgIpc) is 3.23. The van der Waals surface area contributed by atoms with E-state index in [0.29, 0.717) is 12.2 Å². The van der Waals surface area contributed by atoms with Gasteiger partial charge in [0.15, 0.2) is 0 Å². The molecule has 1 aromatic carbocycles. The molecule has 3 aromatic rings. The van der Waals surface area contributed by atoms with E-state index in [0.717, 1.165) is 29.3 Å². The van der Waals surface area contributed by atoms with Crippen LogP contribution in [0.3, 0.4) is 0 Å². The molecule has 7 heteroatoms. The molecular weight excluding hydrogens is 306 g/mol. The number of aryl methyl sites for hydroxylation is 1. The lowest BCUT2D eigenvalue weighted by molar-refractivity contribution is -0.00947. The number of H-pyrrole nitrogens is 1. The molecule has 124 valence electrons. The van der Waals surface area contributed by atoms with Gasteiger partial charge in [0.25, 0.3) is 5.91 Å². The third kappa shape index (κ3) is 2.67. The van der Waals surface area contributed by atoms with E-state index in [1.165, 1.54) is 0 Å². The van der Waals surface area contributed by atoms with Gasteiger partial charge in [-0.15, -0.1) is 0 Å². The van der Waals surface area contributed by atoms with E-state index in [9.17, 15) is 4.79 Å². The largest absolute Gasteiger partial charge is 0.371 e. The zero-order valence-corrected chi connectivity index (χ0v) is 13.4. The molecule has 1 amide bonds. The fourth-order valence-electron chi connectivity index (χ4n) is 3.26. The molecule has 0 spiro atoms. The number of nitrogens with one attached hydrogen (secondary N) is 2. The lowest BCUT2D eigenvalue weighted by Gasteiger charge is -2.31. The molecule has 1 fully saturated rings. The predicted octanol–water partition coefficient (Wildman–Crippen LogP) is 1.95. The van der Waals surface area contributed by atoms with Crippen LogP contribution in [-0.4, -0.2) is 38.5 Å². The van der Waals surface area contributed by atoms with Gasteiger partial charge in [0.05, 0.1) is 29.5 Å². The zero-order valence-electron chi connectivity index (χ0n) is 13.4. The Labute approximate surface area is 139 Å². The predicted molar refractivity (Wildman–Crippen MR) is 88.5 cm³/mol. The van der Waals surface area contributed by atoms with Gasteiger partial charge in [0.1, 0.15) is 6.10 Å². The quantitative estimate of drug-likeness (QED) is 0.771. The first kappa shape index (κ1) is 14.9. The van der Waals surface area contributed by atoms with Gasteiger partial charge in [-0.25, -0.2) is 0 Å². The second-order valence-corrected chi connectivity index (χ2v) is 6.10. The SMILES string of the molecule is Cn1cc([C@H]2OCCC[C@@H]2NC(=O)c2cccc3[nH]ncc23)cn1. The van der Waals surface area contributed by atoms with E-state index in [4.69, 9.17) is 4.74 Å². The van der Waals surface area contributed by atoms with Gasteiger partial charge in [-0.3, -0.25) is 14.6 Å². The maximum Gasteiger partial charge on any atom is 0.252 e. The average molecular weight is 325 g/mol. The monoisotopic (exact) mass is 325 g/mol. The Morgan fingerprint density at radius 1 is 1.42 bits per heavy atom. The fourth-order valence-corrected chi connectivity index (χ4v) is 3.26. The van der Waals surface area contributed by atoms with Crippen LogP contribution in [0.1, 0.15) is 34.9 Å². The van der Waals surface area contributed by atoms with Crippen molar-refractivity contribution in [1.82, 2.24) is 25.3 Å². The van der Waals surface area contributed by atoms with Crippen LogP contribution in [0.4, 0.5) is 0 Å². The Bertz CT molecular complexity index is 869. The Kier molecular flexibility index (Phi) is 3.78. The summed E-state index contributed by atoms with van der Waals surface area (Å²) in [6.45, 7) is 0.698. The Morgan fingerprint density at radius 2 is 2.33 bits per heavy atom. The van der Waals surface area contributed by atoms with Crippen LogP contribution in [0.2, 0.25) is 0 Å². The third-order valence-corrected chi connectivity index (χ3v) is 4.42. The van der Waals surface area contributed by atoms with Crippen molar-refractivity contribution < 1.29 is 9.53 Å². The highest BCUT2D eigenvalue weighted by Crippen LogP contribution is 2.28. The molecule has 3 heterocycles. The third-order valence-electron chi connectivity index (χ3n) is 4.42. The molecule has 0 unspecified atom stereocenters. The summed E-state index contributed by atoms with van der Waals surface area (Å²) in [5, 5.41) is 15.1. The molecule has 7 nitrogen and oxygen atoms in total. The number of nitrogens with zero attached hydrogens (tertiary/aromatic N) is 3. The van der Waals surface area contributed by atoms with Gasteiger partial charge < -0.3 is 10.1 Å². The number of benzene rings is 1. The molecule has 4 rings (SSSR count). The molecule has 1 aliphatic heterocycles. The van der Waals surface area contributed by atoms with Gasteiger partial charge in [-0.2, -0.15) is 10.2 Å². The van der Waals surface area contributed by atoms with E-state index < -0.39 is 0 Å². The number of aromatic amines is 1. The van der Waals surface area contributed by atoms with E-state index in [-0.39, 0.29) is 18.1 Å². The number of fused-ring (bicyclic) bond motifs is 1. The molecule has 1 saturated heterocycles. The van der Waals surface area contributed by atoms with Crippen LogP contribution in [0.5, 0.6) is 0 Å². The highest BCUT2D eigenvalue weighted by molar-refractivity contribution is 6.06. The number of rotatable bonds is 3. The molecule has 0 radical (unpaired) electrons. The number of ether oxygens (including phenoxy) is 1. The number of hydrogen-bond acceptors (Lipinski definition) is 4. The molecule has 0 saturated carbocycles. The minimum Gasteiger partial charge on any atom is -0.371 e. The number of aromatic nitrogens is 4. The number of carbonyl (C=O) groups excluding carboxylic acids is 1. The van der Waals surface area contributed by atoms with Crippen molar-refractivity contribution in [3.63, 3.8) is 0 Å². The second-order valence-electron chi connectivity index (χ2n) is 6.10. The van der Waals surface area contributed by atoms with Crippen molar-refractivity contribution in [3.05, 3.63) is 47.9 Å². The van der Waals surface area contributed by atoms with Gasteiger partial charge in [0, 0.05) is 30.8 Å². The van der Waals surface area contributed by atoms with Gasteiger partial charge >= 0.3 is 0 Å². The lowest BCUT2D eigenvalue weighted by atomic mass is 9.97. The van der Waals surface area contributed by atoms with E-state index in [1.54, 1.807) is 17.1 Å². The van der Waals surface area contributed by atoms with Crippen LogP contribution < -0.4 is 5.32 Å². The van der Waals surface area contributed by atoms with Gasteiger partial charge in [-0.05, 0) is 25.0 Å². The summed E-state index contributed by atoms with van der Waals surface area (Å²) in [4.78, 5) is 12.8. The van der Waals surface area contributed by atoms with Crippen molar-refractivity contribution in [2.24, 2.45) is 7.05 Å². The zero-order chi connectivity index (χ0) is 16.5.